The molecule has 9 nitrogen and oxygen atoms in total. The van der Waals surface area contributed by atoms with E-state index in [1.54, 1.807) is 0 Å². The van der Waals surface area contributed by atoms with Gasteiger partial charge in [0.1, 0.15) is 13.2 Å². The highest BCUT2D eigenvalue weighted by atomic mass is 16.7. The van der Waals surface area contributed by atoms with Crippen LogP contribution in [0.25, 0.3) is 0 Å². The highest BCUT2D eigenvalue weighted by Gasteiger charge is 2.11. The van der Waals surface area contributed by atoms with Gasteiger partial charge in [0, 0.05) is 0 Å². The van der Waals surface area contributed by atoms with Gasteiger partial charge in [-0.15, -0.1) is 0 Å². The molecule has 0 N–H and O–H groups in total. The summed E-state index contributed by atoms with van der Waals surface area (Å²) in [6, 6.07) is 0. The summed E-state index contributed by atoms with van der Waals surface area (Å²) in [7, 11) is 0. The summed E-state index contributed by atoms with van der Waals surface area (Å²) in [6.45, 7) is 11.8. The van der Waals surface area contributed by atoms with Crippen LogP contribution < -0.4 is 0 Å². The van der Waals surface area contributed by atoms with E-state index in [4.69, 9.17) is 33.2 Å². The van der Waals surface area contributed by atoms with E-state index in [2.05, 4.69) is 27.7 Å². The zero-order chi connectivity index (χ0) is 26.0. The maximum absolute atomic E-state index is 11.6. The lowest BCUT2D eigenvalue weighted by atomic mass is 10.0. The average molecular weight is 507 g/mol. The second kappa shape index (κ2) is 25.5. The highest BCUT2D eigenvalue weighted by molar-refractivity contribution is 5.60. The fraction of sp³-hybridized carbons (Fsp3) is 0.923. The molecule has 0 rings (SSSR count). The quantitative estimate of drug-likeness (QED) is 0.119. The summed E-state index contributed by atoms with van der Waals surface area (Å²) in [5.41, 5.74) is 0. The van der Waals surface area contributed by atoms with E-state index < -0.39 is 12.3 Å². The van der Waals surface area contributed by atoms with Crippen LogP contribution in [0.4, 0.5) is 9.59 Å². The van der Waals surface area contributed by atoms with Crippen molar-refractivity contribution >= 4 is 12.3 Å². The van der Waals surface area contributed by atoms with Crippen molar-refractivity contribution in [2.75, 3.05) is 66.1 Å². The molecule has 208 valence electrons. The van der Waals surface area contributed by atoms with Gasteiger partial charge in [-0.2, -0.15) is 0 Å². The zero-order valence-electron chi connectivity index (χ0n) is 22.6. The van der Waals surface area contributed by atoms with Crippen LogP contribution in [0.1, 0.15) is 79.1 Å². The Labute approximate surface area is 212 Å². The van der Waals surface area contributed by atoms with Crippen molar-refractivity contribution in [3.63, 3.8) is 0 Å². The number of unbranched alkanes of at least 4 members (excludes halogenated alkanes) is 2. The van der Waals surface area contributed by atoms with Gasteiger partial charge >= 0.3 is 12.3 Å². The molecule has 0 spiro atoms. The van der Waals surface area contributed by atoms with E-state index in [9.17, 15) is 9.59 Å². The number of hydrogen-bond acceptors (Lipinski definition) is 9. The van der Waals surface area contributed by atoms with E-state index >= 15 is 0 Å². The van der Waals surface area contributed by atoms with E-state index in [0.717, 1.165) is 51.4 Å². The number of carbonyl (C=O) groups excluding carboxylic acids is 2. The van der Waals surface area contributed by atoms with Crippen LogP contribution in [0, 0.1) is 11.8 Å². The van der Waals surface area contributed by atoms with Crippen LogP contribution in [-0.2, 0) is 33.2 Å². The van der Waals surface area contributed by atoms with Gasteiger partial charge in [-0.05, 0) is 24.7 Å². The molecular weight excluding hydrogens is 456 g/mol. The van der Waals surface area contributed by atoms with E-state index in [0.29, 0.717) is 51.5 Å². The molecule has 0 aromatic rings. The minimum atomic E-state index is -0.647. The summed E-state index contributed by atoms with van der Waals surface area (Å²) in [4.78, 5) is 23.2. The molecule has 0 heterocycles. The van der Waals surface area contributed by atoms with Crippen LogP contribution in [0.15, 0.2) is 0 Å². The normalized spacial score (nSPS) is 12.7. The summed E-state index contributed by atoms with van der Waals surface area (Å²) >= 11 is 0. The standard InChI is InChI=1S/C26H50O9/c1-5-9-11-23(7-3)21-34-25(27)32-19-17-30-15-13-29-14-16-31-18-20-33-26(28)35-22-24(8-4)12-10-6-2/h23-24H,5-22H2,1-4H3. The van der Waals surface area contributed by atoms with Crippen molar-refractivity contribution in [1.82, 2.24) is 0 Å². The molecule has 0 saturated carbocycles. The third kappa shape index (κ3) is 22.6. The first-order valence-electron chi connectivity index (χ1n) is 13.4. The number of ether oxygens (including phenoxy) is 7. The van der Waals surface area contributed by atoms with Gasteiger partial charge in [-0.25, -0.2) is 9.59 Å². The largest absolute Gasteiger partial charge is 0.508 e. The van der Waals surface area contributed by atoms with Crippen molar-refractivity contribution in [3.05, 3.63) is 0 Å². The molecule has 0 aromatic carbocycles. The fourth-order valence-corrected chi connectivity index (χ4v) is 3.16. The molecule has 9 heteroatoms. The minimum absolute atomic E-state index is 0.147. The van der Waals surface area contributed by atoms with E-state index in [-0.39, 0.29) is 26.4 Å². The topological polar surface area (TPSA) is 98.8 Å². The third-order valence-electron chi connectivity index (χ3n) is 5.60. The Morgan fingerprint density at radius 2 is 0.857 bits per heavy atom. The monoisotopic (exact) mass is 506 g/mol. The highest BCUT2D eigenvalue weighted by Crippen LogP contribution is 2.14. The average Bonchev–Trinajstić information content (AvgIpc) is 2.87. The lowest BCUT2D eigenvalue weighted by Crippen LogP contribution is -2.18. The van der Waals surface area contributed by atoms with Gasteiger partial charge in [0.25, 0.3) is 0 Å². The van der Waals surface area contributed by atoms with Crippen molar-refractivity contribution in [2.24, 2.45) is 11.8 Å². The summed E-state index contributed by atoms with van der Waals surface area (Å²) < 4.78 is 36.4. The smallest absolute Gasteiger partial charge is 0.434 e. The first kappa shape index (κ1) is 33.4. The molecule has 0 aliphatic rings. The van der Waals surface area contributed by atoms with Crippen LogP contribution >= 0.6 is 0 Å². The maximum Gasteiger partial charge on any atom is 0.508 e. The van der Waals surface area contributed by atoms with Crippen LogP contribution in [-0.4, -0.2) is 78.4 Å². The van der Waals surface area contributed by atoms with Crippen molar-refractivity contribution in [2.45, 2.75) is 79.1 Å². The molecule has 35 heavy (non-hydrogen) atoms. The summed E-state index contributed by atoms with van der Waals surface area (Å²) in [6.07, 6.45) is 7.38. The lowest BCUT2D eigenvalue weighted by Gasteiger charge is -2.14. The molecule has 0 amide bonds. The van der Waals surface area contributed by atoms with Gasteiger partial charge in [-0.1, -0.05) is 66.2 Å². The van der Waals surface area contributed by atoms with Crippen molar-refractivity contribution in [3.8, 4) is 0 Å². The van der Waals surface area contributed by atoms with Crippen molar-refractivity contribution in [1.29, 1.82) is 0 Å². The Morgan fingerprint density at radius 3 is 1.17 bits per heavy atom. The van der Waals surface area contributed by atoms with Crippen LogP contribution in [0.5, 0.6) is 0 Å². The van der Waals surface area contributed by atoms with Gasteiger partial charge in [0.05, 0.1) is 52.9 Å². The Bertz CT molecular complexity index is 445. The maximum atomic E-state index is 11.6. The third-order valence-corrected chi connectivity index (χ3v) is 5.60. The van der Waals surface area contributed by atoms with Crippen LogP contribution in [0.2, 0.25) is 0 Å². The van der Waals surface area contributed by atoms with E-state index in [1.165, 1.54) is 0 Å². The number of rotatable bonds is 24. The first-order chi connectivity index (χ1) is 17.1. The number of hydrogen-bond donors (Lipinski definition) is 0. The summed E-state index contributed by atoms with van der Waals surface area (Å²) in [5.74, 6) is 0.783. The summed E-state index contributed by atoms with van der Waals surface area (Å²) in [5, 5.41) is 0. The zero-order valence-corrected chi connectivity index (χ0v) is 22.6. The molecule has 0 radical (unpaired) electrons. The second-order valence-electron chi connectivity index (χ2n) is 8.49. The SMILES string of the molecule is CCCCC(CC)COC(=O)OCCOCCOCCOCCOC(=O)OCC(CC)CCCC. The number of carbonyl (C=O) groups is 2. The Balaban J connectivity index is 3.42. The molecule has 0 aliphatic carbocycles. The van der Waals surface area contributed by atoms with Gasteiger partial charge in [0.2, 0.25) is 0 Å². The first-order valence-corrected chi connectivity index (χ1v) is 13.4. The molecule has 0 aliphatic heterocycles. The molecule has 0 bridgehead atoms. The molecule has 0 saturated heterocycles. The minimum Gasteiger partial charge on any atom is -0.434 e. The molecule has 2 atom stereocenters. The second-order valence-corrected chi connectivity index (χ2v) is 8.49. The molecule has 0 fully saturated rings. The van der Waals surface area contributed by atoms with Crippen LogP contribution in [0.3, 0.4) is 0 Å². The van der Waals surface area contributed by atoms with E-state index in [1.807, 2.05) is 0 Å². The molecular formula is C26H50O9. The fourth-order valence-electron chi connectivity index (χ4n) is 3.16. The Morgan fingerprint density at radius 1 is 0.514 bits per heavy atom. The van der Waals surface area contributed by atoms with Crippen molar-refractivity contribution < 1.29 is 42.7 Å². The predicted molar refractivity (Wildman–Crippen MR) is 134 cm³/mol. The molecule has 0 aromatic heterocycles. The Kier molecular flexibility index (Phi) is 24.4. The molecule has 2 unspecified atom stereocenters. The lowest BCUT2D eigenvalue weighted by molar-refractivity contribution is -0.0136. The van der Waals surface area contributed by atoms with Gasteiger partial charge < -0.3 is 33.2 Å². The Hall–Kier alpha value is -1.58. The van der Waals surface area contributed by atoms with Gasteiger partial charge in [0.15, 0.2) is 0 Å². The van der Waals surface area contributed by atoms with Gasteiger partial charge in [-0.3, -0.25) is 0 Å². The predicted octanol–water partition coefficient (Wildman–Crippen LogP) is 5.78.